The van der Waals surface area contributed by atoms with E-state index >= 15 is 0 Å². The summed E-state index contributed by atoms with van der Waals surface area (Å²) >= 11 is 0. The Labute approximate surface area is 161 Å². The minimum atomic E-state index is 0.495. The average Bonchev–Trinajstić information content (AvgIpc) is 2.69. The molecule has 1 atom stereocenters. The van der Waals surface area contributed by atoms with Gasteiger partial charge in [-0.15, -0.1) is 0 Å². The number of rotatable bonds is 6. The van der Waals surface area contributed by atoms with Crippen LogP contribution in [0.5, 0.6) is 0 Å². The van der Waals surface area contributed by atoms with E-state index in [1.807, 2.05) is 32.2 Å². The van der Waals surface area contributed by atoms with Gasteiger partial charge in [-0.25, -0.2) is 4.98 Å². The molecular weight excluding hydrogens is 336 g/mol. The lowest BCUT2D eigenvalue weighted by Gasteiger charge is -2.33. The summed E-state index contributed by atoms with van der Waals surface area (Å²) in [4.78, 5) is 11.8. The standard InChI is InChI=1S/C21H28N6/c1-4-6-17-12-20(27-10-5-7-19(14-27)23-3)26-21(24-17)25-18-9-8-15(2)16(11-18)13-22/h8-9,11-12,19,23H,4-7,10,14H2,1-3H3,(H,24,25,26). The zero-order valence-electron chi connectivity index (χ0n) is 16.4. The fourth-order valence-electron chi connectivity index (χ4n) is 3.46. The molecule has 1 aromatic heterocycles. The maximum absolute atomic E-state index is 9.26. The summed E-state index contributed by atoms with van der Waals surface area (Å²) in [7, 11) is 2.02. The van der Waals surface area contributed by atoms with Crippen molar-refractivity contribution in [2.45, 2.75) is 45.6 Å². The highest BCUT2D eigenvalue weighted by Crippen LogP contribution is 2.23. The molecule has 0 bridgehead atoms. The van der Waals surface area contributed by atoms with Gasteiger partial charge in [0, 0.05) is 36.6 Å². The quantitative estimate of drug-likeness (QED) is 0.816. The van der Waals surface area contributed by atoms with Gasteiger partial charge in [0.15, 0.2) is 0 Å². The predicted octanol–water partition coefficient (Wildman–Crippen LogP) is 3.54. The third kappa shape index (κ3) is 4.75. The van der Waals surface area contributed by atoms with Crippen molar-refractivity contribution in [1.82, 2.24) is 15.3 Å². The number of nitrogens with zero attached hydrogens (tertiary/aromatic N) is 4. The van der Waals surface area contributed by atoms with Gasteiger partial charge in [0.05, 0.1) is 11.6 Å². The Morgan fingerprint density at radius 2 is 2.15 bits per heavy atom. The van der Waals surface area contributed by atoms with Crippen LogP contribution in [0.15, 0.2) is 24.3 Å². The Bertz CT molecular complexity index is 826. The van der Waals surface area contributed by atoms with Crippen LogP contribution in [0.25, 0.3) is 0 Å². The third-order valence-corrected chi connectivity index (χ3v) is 5.04. The number of hydrogen-bond donors (Lipinski definition) is 2. The van der Waals surface area contributed by atoms with Gasteiger partial charge in [-0.1, -0.05) is 19.4 Å². The van der Waals surface area contributed by atoms with E-state index in [-0.39, 0.29) is 0 Å². The van der Waals surface area contributed by atoms with E-state index in [1.54, 1.807) is 0 Å². The van der Waals surface area contributed by atoms with Crippen molar-refractivity contribution in [3.63, 3.8) is 0 Å². The zero-order chi connectivity index (χ0) is 19.2. The van der Waals surface area contributed by atoms with E-state index in [1.165, 1.54) is 6.42 Å². The first kappa shape index (κ1) is 19.1. The first-order chi connectivity index (χ1) is 13.1. The van der Waals surface area contributed by atoms with Crippen LogP contribution in [-0.4, -0.2) is 36.1 Å². The van der Waals surface area contributed by atoms with E-state index in [0.717, 1.165) is 55.1 Å². The normalized spacial score (nSPS) is 16.8. The van der Waals surface area contributed by atoms with Crippen LogP contribution in [-0.2, 0) is 6.42 Å². The van der Waals surface area contributed by atoms with Crippen LogP contribution in [0, 0.1) is 18.3 Å². The van der Waals surface area contributed by atoms with Crippen LogP contribution >= 0.6 is 0 Å². The fourth-order valence-corrected chi connectivity index (χ4v) is 3.46. The maximum Gasteiger partial charge on any atom is 0.229 e. The Balaban J connectivity index is 1.88. The lowest BCUT2D eigenvalue weighted by atomic mass is 10.1. The average molecular weight is 364 g/mol. The fraction of sp³-hybridized carbons (Fsp3) is 0.476. The largest absolute Gasteiger partial charge is 0.355 e. The SMILES string of the molecule is CCCc1cc(N2CCCC(NC)C2)nc(Nc2ccc(C)c(C#N)c2)n1. The number of likely N-dealkylation sites (N-methyl/N-ethyl adjacent to an activating group) is 1. The number of nitrogens with one attached hydrogen (secondary N) is 2. The van der Waals surface area contributed by atoms with Crippen LogP contribution in [0.2, 0.25) is 0 Å². The molecule has 1 unspecified atom stereocenters. The molecule has 1 aromatic carbocycles. The van der Waals surface area contributed by atoms with Crippen molar-refractivity contribution in [2.75, 3.05) is 30.4 Å². The van der Waals surface area contributed by atoms with E-state index in [9.17, 15) is 5.26 Å². The summed E-state index contributed by atoms with van der Waals surface area (Å²) in [5.74, 6) is 1.57. The predicted molar refractivity (Wildman–Crippen MR) is 109 cm³/mol. The minimum Gasteiger partial charge on any atom is -0.355 e. The monoisotopic (exact) mass is 364 g/mol. The second-order valence-electron chi connectivity index (χ2n) is 7.13. The smallest absolute Gasteiger partial charge is 0.229 e. The first-order valence-corrected chi connectivity index (χ1v) is 9.71. The van der Waals surface area contributed by atoms with E-state index in [2.05, 4.69) is 39.6 Å². The number of hydrogen-bond acceptors (Lipinski definition) is 6. The summed E-state index contributed by atoms with van der Waals surface area (Å²) in [6, 6.07) is 10.6. The summed E-state index contributed by atoms with van der Waals surface area (Å²) < 4.78 is 0. The Morgan fingerprint density at radius 3 is 2.89 bits per heavy atom. The molecule has 6 heteroatoms. The van der Waals surface area contributed by atoms with Gasteiger partial charge in [0.1, 0.15) is 5.82 Å². The van der Waals surface area contributed by atoms with Gasteiger partial charge >= 0.3 is 0 Å². The second-order valence-corrected chi connectivity index (χ2v) is 7.13. The van der Waals surface area contributed by atoms with Gasteiger partial charge < -0.3 is 15.5 Å². The summed E-state index contributed by atoms with van der Waals surface area (Å²) in [5.41, 5.74) is 3.52. The molecule has 142 valence electrons. The first-order valence-electron chi connectivity index (χ1n) is 9.71. The van der Waals surface area contributed by atoms with E-state index in [0.29, 0.717) is 17.6 Å². The molecule has 0 spiro atoms. The molecule has 1 aliphatic rings. The van der Waals surface area contributed by atoms with Crippen molar-refractivity contribution in [1.29, 1.82) is 5.26 Å². The maximum atomic E-state index is 9.26. The van der Waals surface area contributed by atoms with Crippen LogP contribution in [0.1, 0.15) is 43.0 Å². The Kier molecular flexibility index (Phi) is 6.25. The molecular formula is C21H28N6. The van der Waals surface area contributed by atoms with Gasteiger partial charge in [-0.2, -0.15) is 10.2 Å². The molecule has 3 rings (SSSR count). The highest BCUT2D eigenvalue weighted by Gasteiger charge is 2.20. The second kappa shape index (κ2) is 8.83. The third-order valence-electron chi connectivity index (χ3n) is 5.04. The van der Waals surface area contributed by atoms with Crippen LogP contribution < -0.4 is 15.5 Å². The molecule has 0 radical (unpaired) electrons. The molecule has 2 N–H and O–H groups in total. The molecule has 0 saturated carbocycles. The van der Waals surface area contributed by atoms with Crippen molar-refractivity contribution < 1.29 is 0 Å². The molecule has 2 aromatic rings. The van der Waals surface area contributed by atoms with Gasteiger partial charge in [0.2, 0.25) is 5.95 Å². The molecule has 1 aliphatic heterocycles. The lowest BCUT2D eigenvalue weighted by molar-refractivity contribution is 0.447. The number of nitriles is 1. The molecule has 2 heterocycles. The van der Waals surface area contributed by atoms with Crippen molar-refractivity contribution in [2.24, 2.45) is 0 Å². The number of aryl methyl sites for hydroxylation is 2. The minimum absolute atomic E-state index is 0.495. The van der Waals surface area contributed by atoms with Crippen molar-refractivity contribution >= 4 is 17.5 Å². The summed E-state index contributed by atoms with van der Waals surface area (Å²) in [6.07, 6.45) is 4.32. The number of benzene rings is 1. The van der Waals surface area contributed by atoms with Crippen LogP contribution in [0.3, 0.4) is 0 Å². The van der Waals surface area contributed by atoms with Crippen molar-refractivity contribution in [3.8, 4) is 6.07 Å². The number of anilines is 3. The number of aromatic nitrogens is 2. The molecule has 1 saturated heterocycles. The molecule has 27 heavy (non-hydrogen) atoms. The van der Waals surface area contributed by atoms with Gasteiger partial charge in [0.25, 0.3) is 0 Å². The molecule has 0 amide bonds. The number of piperidine rings is 1. The molecule has 0 aliphatic carbocycles. The van der Waals surface area contributed by atoms with Crippen LogP contribution in [0.4, 0.5) is 17.5 Å². The Hall–Kier alpha value is -2.65. The zero-order valence-corrected chi connectivity index (χ0v) is 16.4. The van der Waals surface area contributed by atoms with E-state index < -0.39 is 0 Å². The lowest BCUT2D eigenvalue weighted by Crippen LogP contribution is -2.44. The van der Waals surface area contributed by atoms with Gasteiger partial charge in [-0.05, 0) is 50.9 Å². The van der Waals surface area contributed by atoms with Crippen molar-refractivity contribution in [3.05, 3.63) is 41.1 Å². The summed E-state index contributed by atoms with van der Waals surface area (Å²) in [6.45, 7) is 6.07. The molecule has 1 fully saturated rings. The highest BCUT2D eigenvalue weighted by molar-refractivity contribution is 5.59. The topological polar surface area (TPSA) is 76.9 Å². The Morgan fingerprint density at radius 1 is 1.30 bits per heavy atom. The summed E-state index contributed by atoms with van der Waals surface area (Å²) in [5, 5.41) is 15.9. The molecule has 6 nitrogen and oxygen atoms in total. The highest BCUT2D eigenvalue weighted by atomic mass is 15.2. The van der Waals surface area contributed by atoms with Gasteiger partial charge in [-0.3, -0.25) is 0 Å². The van der Waals surface area contributed by atoms with E-state index in [4.69, 9.17) is 4.98 Å².